The Morgan fingerprint density at radius 1 is 0.760 bits per heavy atom. The minimum absolute atomic E-state index is 0.644. The number of nitrogens with zero attached hydrogens (tertiary/aromatic N) is 2. The van der Waals surface area contributed by atoms with Gasteiger partial charge in [0, 0.05) is 10.6 Å². The van der Waals surface area contributed by atoms with Crippen LogP contribution in [0.1, 0.15) is 29.9 Å². The maximum atomic E-state index is 14.4. The smallest absolute Gasteiger partial charge is 0.190 e. The minimum Gasteiger partial charge on any atom is -0.307 e. The van der Waals surface area contributed by atoms with Crippen molar-refractivity contribution in [2.75, 3.05) is 0 Å². The van der Waals surface area contributed by atoms with E-state index in [1.165, 1.54) is 0 Å². The number of fused-ring (bicyclic) bond motifs is 1. The first-order valence-electron chi connectivity index (χ1n) is 8.78. The first-order valence-corrected chi connectivity index (χ1v) is 10.5. The first kappa shape index (κ1) is 16.2. The number of hydrogen-bond donors (Lipinski definition) is 0. The Kier molecular flexibility index (Phi) is 4.27. The zero-order valence-electron chi connectivity index (χ0n) is 14.4. The van der Waals surface area contributed by atoms with Gasteiger partial charge >= 0.3 is 0 Å². The Bertz CT molecular complexity index is 895. The molecular weight excluding hydrogens is 327 g/mol. The third-order valence-electron chi connectivity index (χ3n) is 4.82. The van der Waals surface area contributed by atoms with E-state index in [1.54, 1.807) is 0 Å². The fourth-order valence-corrected chi connectivity index (χ4v) is 6.28. The molecule has 1 aliphatic rings. The largest absolute Gasteiger partial charge is 0.307 e. The molecule has 0 amide bonds. The Labute approximate surface area is 148 Å². The topological polar surface area (TPSA) is 42.9 Å². The Morgan fingerprint density at radius 2 is 1.24 bits per heavy atom. The summed E-state index contributed by atoms with van der Waals surface area (Å²) in [5, 5.41) is 1.63. The van der Waals surface area contributed by atoms with E-state index in [9.17, 15) is 4.57 Å². The van der Waals surface area contributed by atoms with Crippen LogP contribution in [0.25, 0.3) is 0 Å². The molecule has 2 aromatic carbocycles. The maximum absolute atomic E-state index is 14.4. The summed E-state index contributed by atoms with van der Waals surface area (Å²) in [6.45, 7) is 1.94. The van der Waals surface area contributed by atoms with Crippen molar-refractivity contribution in [1.29, 1.82) is 0 Å². The van der Waals surface area contributed by atoms with Gasteiger partial charge in [-0.25, -0.2) is 4.98 Å². The maximum Gasteiger partial charge on any atom is 0.190 e. The number of benzene rings is 2. The van der Waals surface area contributed by atoms with Gasteiger partial charge in [-0.1, -0.05) is 60.7 Å². The van der Waals surface area contributed by atoms with E-state index in [2.05, 4.69) is 0 Å². The number of aryl methyl sites for hydroxylation is 3. The standard InChI is InChI=1S/C21H21N2OP/c1-16-21(23-20-15-9-8-14-19(20)22-16)25(24,17-10-4-2-5-11-17)18-12-6-3-7-13-18/h2-7,10-13H,8-9,14-15H2,1H3. The van der Waals surface area contributed by atoms with Crippen LogP contribution >= 0.6 is 7.14 Å². The van der Waals surface area contributed by atoms with Crippen LogP contribution in [0.15, 0.2) is 60.7 Å². The van der Waals surface area contributed by atoms with E-state index in [1.807, 2.05) is 67.6 Å². The predicted molar refractivity (Wildman–Crippen MR) is 103 cm³/mol. The van der Waals surface area contributed by atoms with Crippen LogP contribution in [0.3, 0.4) is 0 Å². The molecule has 0 aliphatic heterocycles. The third kappa shape index (κ3) is 2.83. The lowest BCUT2D eigenvalue weighted by Gasteiger charge is -2.23. The van der Waals surface area contributed by atoms with E-state index in [-0.39, 0.29) is 0 Å². The third-order valence-corrected chi connectivity index (χ3v) is 7.89. The quantitative estimate of drug-likeness (QED) is 0.682. The molecule has 0 atom stereocenters. The predicted octanol–water partition coefficient (Wildman–Crippen LogP) is 3.30. The highest BCUT2D eigenvalue weighted by Crippen LogP contribution is 2.42. The highest BCUT2D eigenvalue weighted by Gasteiger charge is 2.34. The summed E-state index contributed by atoms with van der Waals surface area (Å²) < 4.78 is 14.4. The molecule has 4 rings (SSSR count). The molecule has 0 bridgehead atoms. The van der Waals surface area contributed by atoms with Crippen molar-refractivity contribution < 1.29 is 4.57 Å². The lowest BCUT2D eigenvalue weighted by molar-refractivity contribution is 0.591. The molecule has 0 N–H and O–H groups in total. The summed E-state index contributed by atoms with van der Waals surface area (Å²) in [5.41, 5.74) is 3.54. The van der Waals surface area contributed by atoms with E-state index in [4.69, 9.17) is 9.97 Å². The van der Waals surface area contributed by atoms with Crippen LogP contribution in [-0.4, -0.2) is 9.97 Å². The van der Waals surface area contributed by atoms with Crippen molar-refractivity contribution in [1.82, 2.24) is 9.97 Å². The van der Waals surface area contributed by atoms with Crippen LogP contribution in [0.5, 0.6) is 0 Å². The van der Waals surface area contributed by atoms with Gasteiger partial charge in [0.2, 0.25) is 0 Å². The summed E-state index contributed by atoms with van der Waals surface area (Å²) in [7, 11) is -3.03. The summed E-state index contributed by atoms with van der Waals surface area (Å²) in [6, 6.07) is 19.4. The number of rotatable bonds is 3. The van der Waals surface area contributed by atoms with Crippen LogP contribution in [0.2, 0.25) is 0 Å². The van der Waals surface area contributed by atoms with Crippen molar-refractivity contribution in [3.05, 3.63) is 77.7 Å². The normalized spacial score (nSPS) is 14.1. The van der Waals surface area contributed by atoms with Gasteiger partial charge < -0.3 is 4.57 Å². The fraction of sp³-hybridized carbons (Fsp3) is 0.238. The molecule has 1 heterocycles. The Hall–Kier alpha value is -2.25. The SMILES string of the molecule is Cc1nc2c(nc1P(=O)(c1ccccc1)c1ccccc1)CCCC2. The van der Waals surface area contributed by atoms with Gasteiger partial charge in [-0.3, -0.25) is 4.98 Å². The lowest BCUT2D eigenvalue weighted by Crippen LogP contribution is -2.31. The molecule has 3 aromatic rings. The molecule has 0 radical (unpaired) electrons. The van der Waals surface area contributed by atoms with Gasteiger partial charge in [0.05, 0.1) is 17.1 Å². The molecule has 0 unspecified atom stereocenters. The first-order chi connectivity index (χ1) is 12.2. The zero-order valence-corrected chi connectivity index (χ0v) is 15.2. The van der Waals surface area contributed by atoms with Gasteiger partial charge in [0.1, 0.15) is 5.44 Å². The molecule has 0 saturated heterocycles. The van der Waals surface area contributed by atoms with E-state index in [0.29, 0.717) is 5.44 Å². The lowest BCUT2D eigenvalue weighted by atomic mass is 10.0. The van der Waals surface area contributed by atoms with Crippen molar-refractivity contribution in [3.8, 4) is 0 Å². The van der Waals surface area contributed by atoms with Gasteiger partial charge in [0.15, 0.2) is 7.14 Å². The molecule has 1 aliphatic carbocycles. The molecule has 4 heteroatoms. The molecule has 25 heavy (non-hydrogen) atoms. The Morgan fingerprint density at radius 3 is 1.76 bits per heavy atom. The van der Waals surface area contributed by atoms with Crippen molar-refractivity contribution in [2.45, 2.75) is 32.6 Å². The van der Waals surface area contributed by atoms with E-state index in [0.717, 1.165) is 53.4 Å². The summed E-state index contributed by atoms with van der Waals surface area (Å²) in [5.74, 6) is 0. The van der Waals surface area contributed by atoms with Crippen LogP contribution < -0.4 is 16.0 Å². The van der Waals surface area contributed by atoms with Gasteiger partial charge in [0.25, 0.3) is 0 Å². The number of hydrogen-bond acceptors (Lipinski definition) is 3. The zero-order chi connectivity index (χ0) is 17.3. The minimum atomic E-state index is -3.03. The van der Waals surface area contributed by atoms with Crippen LogP contribution in [0, 0.1) is 6.92 Å². The highest BCUT2D eigenvalue weighted by molar-refractivity contribution is 7.85. The second-order valence-electron chi connectivity index (χ2n) is 6.51. The van der Waals surface area contributed by atoms with Crippen molar-refractivity contribution in [2.24, 2.45) is 0 Å². The average Bonchev–Trinajstić information content (AvgIpc) is 2.68. The molecular formula is C21H21N2OP. The summed E-state index contributed by atoms with van der Waals surface area (Å²) in [6.07, 6.45) is 4.20. The van der Waals surface area contributed by atoms with E-state index < -0.39 is 7.14 Å². The molecule has 0 saturated carbocycles. The monoisotopic (exact) mass is 348 g/mol. The van der Waals surface area contributed by atoms with E-state index >= 15 is 0 Å². The fourth-order valence-electron chi connectivity index (χ4n) is 3.54. The molecule has 0 spiro atoms. The average molecular weight is 348 g/mol. The number of aromatic nitrogens is 2. The Balaban J connectivity index is 1.98. The van der Waals surface area contributed by atoms with Crippen LogP contribution in [-0.2, 0) is 17.4 Å². The van der Waals surface area contributed by atoms with Crippen molar-refractivity contribution in [3.63, 3.8) is 0 Å². The highest BCUT2D eigenvalue weighted by atomic mass is 31.2. The molecule has 3 nitrogen and oxygen atoms in total. The van der Waals surface area contributed by atoms with Gasteiger partial charge in [-0.2, -0.15) is 0 Å². The summed E-state index contributed by atoms with van der Waals surface area (Å²) in [4.78, 5) is 9.71. The van der Waals surface area contributed by atoms with Gasteiger partial charge in [-0.05, 0) is 32.6 Å². The van der Waals surface area contributed by atoms with Crippen molar-refractivity contribution >= 4 is 23.2 Å². The molecule has 1 aromatic heterocycles. The second-order valence-corrected chi connectivity index (χ2v) is 9.19. The summed E-state index contributed by atoms with van der Waals surface area (Å²) >= 11 is 0. The van der Waals surface area contributed by atoms with Crippen LogP contribution in [0.4, 0.5) is 0 Å². The van der Waals surface area contributed by atoms with Gasteiger partial charge in [-0.15, -0.1) is 0 Å². The molecule has 126 valence electrons. The second kappa shape index (κ2) is 6.57. The molecule has 0 fully saturated rings.